The molecule has 18 heavy (non-hydrogen) atoms. The maximum absolute atomic E-state index is 11.6. The molecule has 0 saturated carbocycles. The predicted octanol–water partition coefficient (Wildman–Crippen LogP) is 0.978. The molecular formula is C12H20N4O2. The van der Waals surface area contributed by atoms with E-state index in [-0.39, 0.29) is 5.91 Å². The molecule has 0 spiro atoms. The van der Waals surface area contributed by atoms with Crippen molar-refractivity contribution in [2.75, 3.05) is 26.0 Å². The average molecular weight is 252 g/mol. The summed E-state index contributed by atoms with van der Waals surface area (Å²) in [6, 6.07) is 1.75. The summed E-state index contributed by atoms with van der Waals surface area (Å²) in [7, 11) is 3.18. The first-order chi connectivity index (χ1) is 8.39. The van der Waals surface area contributed by atoms with Gasteiger partial charge in [-0.1, -0.05) is 0 Å². The third-order valence-corrected chi connectivity index (χ3v) is 2.57. The van der Waals surface area contributed by atoms with Gasteiger partial charge in [-0.2, -0.15) is 4.98 Å². The van der Waals surface area contributed by atoms with Crippen LogP contribution in [0.1, 0.15) is 19.5 Å². The number of aromatic nitrogens is 2. The highest BCUT2D eigenvalue weighted by Crippen LogP contribution is 2.17. The van der Waals surface area contributed by atoms with Gasteiger partial charge in [-0.05, 0) is 20.8 Å². The molecule has 2 N–H and O–H groups in total. The number of hydrogen-bond acceptors (Lipinski definition) is 5. The molecule has 0 fully saturated rings. The largest absolute Gasteiger partial charge is 0.481 e. The molecule has 0 aliphatic carbocycles. The van der Waals surface area contributed by atoms with Crippen molar-refractivity contribution in [1.82, 2.24) is 15.3 Å². The summed E-state index contributed by atoms with van der Waals surface area (Å²) in [5, 5.41) is 5.68. The molecule has 1 heterocycles. The molecule has 6 nitrogen and oxygen atoms in total. The van der Waals surface area contributed by atoms with Gasteiger partial charge in [0.15, 0.2) is 0 Å². The number of rotatable bonds is 5. The minimum Gasteiger partial charge on any atom is -0.481 e. The van der Waals surface area contributed by atoms with E-state index in [1.165, 1.54) is 0 Å². The zero-order valence-corrected chi connectivity index (χ0v) is 11.5. The summed E-state index contributed by atoms with van der Waals surface area (Å²) >= 11 is 0. The Kier molecular flexibility index (Phi) is 4.47. The van der Waals surface area contributed by atoms with Crippen molar-refractivity contribution in [2.45, 2.75) is 20.8 Å². The Morgan fingerprint density at radius 2 is 2.11 bits per heavy atom. The van der Waals surface area contributed by atoms with Crippen molar-refractivity contribution in [3.8, 4) is 5.88 Å². The third kappa shape index (κ3) is 3.58. The molecule has 0 unspecified atom stereocenters. The van der Waals surface area contributed by atoms with E-state index in [2.05, 4.69) is 20.6 Å². The Morgan fingerprint density at radius 1 is 1.44 bits per heavy atom. The molecule has 0 radical (unpaired) electrons. The molecule has 100 valence electrons. The molecule has 0 atom stereocenters. The number of amides is 1. The molecule has 1 amide bonds. The van der Waals surface area contributed by atoms with Gasteiger partial charge >= 0.3 is 0 Å². The van der Waals surface area contributed by atoms with Gasteiger partial charge in [-0.3, -0.25) is 4.79 Å². The SMILES string of the molecule is CNC(=O)C(C)(C)CNc1nc(C)cc(OC)n1. The molecule has 0 aliphatic rings. The van der Waals surface area contributed by atoms with E-state index in [9.17, 15) is 4.79 Å². The molecule has 0 aliphatic heterocycles. The predicted molar refractivity (Wildman–Crippen MR) is 69.7 cm³/mol. The Balaban J connectivity index is 2.74. The van der Waals surface area contributed by atoms with Crippen molar-refractivity contribution in [2.24, 2.45) is 5.41 Å². The van der Waals surface area contributed by atoms with Crippen LogP contribution in [0, 0.1) is 12.3 Å². The Bertz CT molecular complexity index is 432. The lowest BCUT2D eigenvalue weighted by Gasteiger charge is -2.22. The Labute approximate surface area is 107 Å². The number of hydrogen-bond donors (Lipinski definition) is 2. The van der Waals surface area contributed by atoms with Crippen molar-refractivity contribution >= 4 is 11.9 Å². The van der Waals surface area contributed by atoms with E-state index in [1.807, 2.05) is 20.8 Å². The summed E-state index contributed by atoms with van der Waals surface area (Å²) in [4.78, 5) is 20.0. The number of anilines is 1. The highest BCUT2D eigenvalue weighted by atomic mass is 16.5. The van der Waals surface area contributed by atoms with Crippen LogP contribution in [0.5, 0.6) is 5.88 Å². The van der Waals surface area contributed by atoms with Gasteiger partial charge in [-0.25, -0.2) is 4.98 Å². The van der Waals surface area contributed by atoms with Gasteiger partial charge in [-0.15, -0.1) is 0 Å². The summed E-state index contributed by atoms with van der Waals surface area (Å²) in [6.07, 6.45) is 0. The molecule has 0 aromatic carbocycles. The van der Waals surface area contributed by atoms with Crippen molar-refractivity contribution < 1.29 is 9.53 Å². The van der Waals surface area contributed by atoms with Gasteiger partial charge in [0.25, 0.3) is 0 Å². The topological polar surface area (TPSA) is 76.1 Å². The summed E-state index contributed by atoms with van der Waals surface area (Å²) in [5.74, 6) is 0.932. The Hall–Kier alpha value is -1.85. The second-order valence-electron chi connectivity index (χ2n) is 4.69. The van der Waals surface area contributed by atoms with Crippen LogP contribution < -0.4 is 15.4 Å². The minimum atomic E-state index is -0.533. The fourth-order valence-corrected chi connectivity index (χ4v) is 1.44. The zero-order chi connectivity index (χ0) is 13.8. The van der Waals surface area contributed by atoms with E-state index in [1.54, 1.807) is 20.2 Å². The van der Waals surface area contributed by atoms with Crippen LogP contribution >= 0.6 is 0 Å². The van der Waals surface area contributed by atoms with Crippen LogP contribution in [0.15, 0.2) is 6.07 Å². The quantitative estimate of drug-likeness (QED) is 0.817. The van der Waals surface area contributed by atoms with Crippen LogP contribution in [-0.2, 0) is 4.79 Å². The van der Waals surface area contributed by atoms with Crippen LogP contribution in [0.2, 0.25) is 0 Å². The highest BCUT2D eigenvalue weighted by Gasteiger charge is 2.26. The molecule has 1 rings (SSSR count). The summed E-state index contributed by atoms with van der Waals surface area (Å²) in [6.45, 7) is 6.01. The van der Waals surface area contributed by atoms with Gasteiger partial charge in [0.05, 0.1) is 12.5 Å². The fourth-order valence-electron chi connectivity index (χ4n) is 1.44. The number of ether oxygens (including phenoxy) is 1. The first kappa shape index (κ1) is 14.2. The smallest absolute Gasteiger partial charge is 0.227 e. The van der Waals surface area contributed by atoms with E-state index >= 15 is 0 Å². The molecule has 6 heteroatoms. The average Bonchev–Trinajstić information content (AvgIpc) is 2.34. The standard InChI is InChI=1S/C12H20N4O2/c1-8-6-9(18-5)16-11(15-8)14-7-12(2,3)10(17)13-4/h6H,7H2,1-5H3,(H,13,17)(H,14,15,16). The van der Waals surface area contributed by atoms with E-state index in [0.717, 1.165) is 5.69 Å². The minimum absolute atomic E-state index is 0.0328. The number of methoxy groups -OCH3 is 1. The lowest BCUT2D eigenvalue weighted by Crippen LogP contribution is -2.39. The van der Waals surface area contributed by atoms with Gasteiger partial charge in [0.2, 0.25) is 17.7 Å². The van der Waals surface area contributed by atoms with E-state index in [0.29, 0.717) is 18.4 Å². The van der Waals surface area contributed by atoms with Crippen molar-refractivity contribution in [3.63, 3.8) is 0 Å². The normalized spacial score (nSPS) is 10.9. The maximum Gasteiger partial charge on any atom is 0.227 e. The van der Waals surface area contributed by atoms with E-state index in [4.69, 9.17) is 4.74 Å². The number of aryl methyl sites for hydroxylation is 1. The molecule has 1 aromatic heterocycles. The lowest BCUT2D eigenvalue weighted by atomic mass is 9.92. The van der Waals surface area contributed by atoms with Gasteiger partial charge in [0, 0.05) is 25.4 Å². The second kappa shape index (κ2) is 5.66. The summed E-state index contributed by atoms with van der Waals surface area (Å²) < 4.78 is 5.07. The Morgan fingerprint density at radius 3 is 2.67 bits per heavy atom. The van der Waals surface area contributed by atoms with Crippen LogP contribution in [-0.4, -0.2) is 36.6 Å². The second-order valence-corrected chi connectivity index (χ2v) is 4.69. The van der Waals surface area contributed by atoms with Crippen LogP contribution in [0.3, 0.4) is 0 Å². The third-order valence-electron chi connectivity index (χ3n) is 2.57. The summed E-state index contributed by atoms with van der Waals surface area (Å²) in [5.41, 5.74) is 0.275. The maximum atomic E-state index is 11.6. The zero-order valence-electron chi connectivity index (χ0n) is 11.5. The first-order valence-electron chi connectivity index (χ1n) is 5.75. The van der Waals surface area contributed by atoms with Crippen molar-refractivity contribution in [3.05, 3.63) is 11.8 Å². The van der Waals surface area contributed by atoms with Crippen molar-refractivity contribution in [1.29, 1.82) is 0 Å². The fraction of sp³-hybridized carbons (Fsp3) is 0.583. The van der Waals surface area contributed by atoms with E-state index < -0.39 is 5.41 Å². The van der Waals surface area contributed by atoms with Gasteiger partial charge < -0.3 is 15.4 Å². The number of carbonyl (C=O) groups excluding carboxylic acids is 1. The molecule has 1 aromatic rings. The lowest BCUT2D eigenvalue weighted by molar-refractivity contribution is -0.128. The first-order valence-corrected chi connectivity index (χ1v) is 5.75. The van der Waals surface area contributed by atoms with Gasteiger partial charge in [0.1, 0.15) is 0 Å². The molecular weight excluding hydrogens is 232 g/mol. The molecule has 0 bridgehead atoms. The number of nitrogens with zero attached hydrogens (tertiary/aromatic N) is 2. The molecule has 0 saturated heterocycles. The number of nitrogens with one attached hydrogen (secondary N) is 2. The monoisotopic (exact) mass is 252 g/mol. The van der Waals surface area contributed by atoms with Crippen LogP contribution in [0.25, 0.3) is 0 Å². The number of carbonyl (C=O) groups is 1. The highest BCUT2D eigenvalue weighted by molar-refractivity contribution is 5.82. The van der Waals surface area contributed by atoms with Crippen LogP contribution in [0.4, 0.5) is 5.95 Å².